The number of halogens is 3. The van der Waals surface area contributed by atoms with E-state index >= 15 is 0 Å². The van der Waals surface area contributed by atoms with E-state index < -0.39 is 24.0 Å². The van der Waals surface area contributed by atoms with Gasteiger partial charge in [0.15, 0.2) is 5.82 Å². The fourth-order valence-electron chi connectivity index (χ4n) is 5.90. The third kappa shape index (κ3) is 3.97. The van der Waals surface area contributed by atoms with Crippen LogP contribution in [0.1, 0.15) is 67.1 Å². The molecule has 1 amide bonds. The van der Waals surface area contributed by atoms with Gasteiger partial charge in [0.2, 0.25) is 0 Å². The van der Waals surface area contributed by atoms with Crippen molar-refractivity contribution in [2.45, 2.75) is 69.9 Å². The van der Waals surface area contributed by atoms with E-state index in [1.54, 1.807) is 0 Å². The van der Waals surface area contributed by atoms with Crippen molar-refractivity contribution in [1.82, 2.24) is 10.1 Å². The zero-order valence-electron chi connectivity index (χ0n) is 18.8. The van der Waals surface area contributed by atoms with Crippen molar-refractivity contribution in [2.24, 2.45) is 17.8 Å². The molecule has 0 aliphatic heterocycles. The van der Waals surface area contributed by atoms with E-state index in [9.17, 15) is 27.9 Å². The van der Waals surface area contributed by atoms with Gasteiger partial charge in [-0.15, -0.1) is 11.3 Å². The summed E-state index contributed by atoms with van der Waals surface area (Å²) in [5.41, 5.74) is 1.67. The summed E-state index contributed by atoms with van der Waals surface area (Å²) < 4.78 is 45.9. The molecule has 1 atom stereocenters. The summed E-state index contributed by atoms with van der Waals surface area (Å²) in [5, 5.41) is 17.1. The number of hydrogen-bond acceptors (Lipinski definition) is 6. The number of carboxylic acids is 1. The van der Waals surface area contributed by atoms with E-state index in [2.05, 4.69) is 15.5 Å². The van der Waals surface area contributed by atoms with E-state index in [0.29, 0.717) is 32.4 Å². The van der Waals surface area contributed by atoms with Gasteiger partial charge in [-0.1, -0.05) is 5.16 Å². The molecule has 2 aromatic rings. The summed E-state index contributed by atoms with van der Waals surface area (Å²) in [7, 11) is 0. The first kappa shape index (κ1) is 22.8. The zero-order valence-corrected chi connectivity index (χ0v) is 19.6. The molecule has 2 bridgehead atoms. The molecule has 7 rings (SSSR count). The van der Waals surface area contributed by atoms with Gasteiger partial charge in [0.1, 0.15) is 5.00 Å². The Labute approximate surface area is 202 Å². The van der Waals surface area contributed by atoms with Gasteiger partial charge in [0, 0.05) is 21.9 Å². The van der Waals surface area contributed by atoms with Crippen LogP contribution in [0.3, 0.4) is 0 Å². The number of rotatable bonds is 5. The number of amides is 1. The molecule has 11 heteroatoms. The Kier molecular flexibility index (Phi) is 5.32. The van der Waals surface area contributed by atoms with E-state index in [0.717, 1.165) is 49.9 Å². The Hall–Kier alpha value is -2.69. The lowest BCUT2D eigenvalue weighted by Gasteiger charge is -2.37. The van der Waals surface area contributed by atoms with E-state index in [1.165, 1.54) is 0 Å². The van der Waals surface area contributed by atoms with Crippen molar-refractivity contribution in [3.63, 3.8) is 0 Å². The Morgan fingerprint density at radius 3 is 2.29 bits per heavy atom. The second-order valence-electron chi connectivity index (χ2n) is 10.1. The molecule has 0 saturated heterocycles. The van der Waals surface area contributed by atoms with Crippen LogP contribution in [0.4, 0.5) is 18.2 Å². The number of carbonyl (C=O) groups is 2. The molecule has 2 fully saturated rings. The van der Waals surface area contributed by atoms with E-state index in [1.807, 2.05) is 0 Å². The van der Waals surface area contributed by atoms with Crippen LogP contribution in [0.5, 0.6) is 0 Å². The van der Waals surface area contributed by atoms with Crippen molar-refractivity contribution in [3.8, 4) is 11.5 Å². The summed E-state index contributed by atoms with van der Waals surface area (Å²) >= 11 is 1.10. The van der Waals surface area contributed by atoms with Gasteiger partial charge in [0.25, 0.3) is 11.8 Å². The molecule has 2 saturated carbocycles. The quantitative estimate of drug-likeness (QED) is 0.555. The second kappa shape index (κ2) is 8.18. The van der Waals surface area contributed by atoms with E-state index in [4.69, 9.17) is 4.52 Å². The molecule has 35 heavy (non-hydrogen) atoms. The third-order valence-electron chi connectivity index (χ3n) is 7.86. The molecule has 0 aromatic carbocycles. The van der Waals surface area contributed by atoms with Crippen molar-refractivity contribution < 1.29 is 32.4 Å². The molecule has 2 heterocycles. The predicted molar refractivity (Wildman–Crippen MR) is 120 cm³/mol. The van der Waals surface area contributed by atoms with Gasteiger partial charge < -0.3 is 14.9 Å². The maximum absolute atomic E-state index is 13.5. The van der Waals surface area contributed by atoms with Crippen LogP contribution < -0.4 is 5.32 Å². The van der Waals surface area contributed by atoms with Crippen LogP contribution >= 0.6 is 11.3 Å². The smallest absolute Gasteiger partial charge is 0.392 e. The minimum absolute atomic E-state index is 0.0463. The largest absolute Gasteiger partial charge is 0.478 e. The summed E-state index contributed by atoms with van der Waals surface area (Å²) in [5.74, 6) is -2.27. The van der Waals surface area contributed by atoms with Gasteiger partial charge in [0.05, 0.1) is 11.5 Å². The number of nitrogens with one attached hydrogen (secondary N) is 1. The molecule has 0 radical (unpaired) electrons. The fourth-order valence-corrected chi connectivity index (χ4v) is 7.22. The SMILES string of the molecule is O=C(O)C1=C(C(=O)Nc2sc3c(c2-c2nc(C4CC4)no2)CC[C@H](C(F)(F)F)C3)C2CCC1CC2. The van der Waals surface area contributed by atoms with Gasteiger partial charge in [-0.2, -0.15) is 18.2 Å². The highest BCUT2D eigenvalue weighted by molar-refractivity contribution is 7.17. The Morgan fingerprint density at radius 2 is 1.66 bits per heavy atom. The molecule has 2 N–H and O–H groups in total. The molecule has 5 aliphatic carbocycles. The average molecular weight is 508 g/mol. The highest BCUT2D eigenvalue weighted by Gasteiger charge is 2.44. The predicted octanol–water partition coefficient (Wildman–Crippen LogP) is 5.48. The maximum atomic E-state index is 13.5. The van der Waals surface area contributed by atoms with E-state index in [-0.39, 0.29) is 48.5 Å². The molecule has 0 spiro atoms. The number of anilines is 1. The molecular formula is C24H24F3N3O4S. The first-order valence-electron chi connectivity index (χ1n) is 12.0. The second-order valence-corrected chi connectivity index (χ2v) is 11.2. The van der Waals surface area contributed by atoms with Crippen molar-refractivity contribution in [3.05, 3.63) is 27.4 Å². The van der Waals surface area contributed by atoms with Crippen LogP contribution in [0, 0.1) is 17.8 Å². The monoisotopic (exact) mass is 507 g/mol. The lowest BCUT2D eigenvalue weighted by Crippen LogP contribution is -2.35. The highest BCUT2D eigenvalue weighted by Crippen LogP contribution is 2.50. The zero-order chi connectivity index (χ0) is 24.5. The van der Waals surface area contributed by atoms with Crippen molar-refractivity contribution >= 4 is 28.2 Å². The molecule has 2 aromatic heterocycles. The molecule has 7 nitrogen and oxygen atoms in total. The number of alkyl halides is 3. The lowest BCUT2D eigenvalue weighted by molar-refractivity contribution is -0.176. The number of carboxylic acid groups (broad SMARTS) is 1. The Balaban J connectivity index is 1.39. The number of carbonyl (C=O) groups excluding carboxylic acids is 1. The van der Waals surface area contributed by atoms with Crippen molar-refractivity contribution in [1.29, 1.82) is 0 Å². The number of aromatic nitrogens is 2. The Bertz CT molecular complexity index is 1240. The summed E-state index contributed by atoms with van der Waals surface area (Å²) in [6.45, 7) is 0. The van der Waals surface area contributed by atoms with Gasteiger partial charge in [-0.3, -0.25) is 4.79 Å². The highest BCUT2D eigenvalue weighted by atomic mass is 32.1. The lowest BCUT2D eigenvalue weighted by atomic mass is 9.66. The number of aliphatic carboxylic acids is 1. The van der Waals surface area contributed by atoms with Gasteiger partial charge >= 0.3 is 12.1 Å². The standard InChI is InChI=1S/C24H24F3N3O4S/c25-24(26,27)13-7-8-14-15(9-13)35-22(18(14)21-28-19(30-34-21)12-5-6-12)29-20(31)16-10-1-3-11(4-2-10)17(16)23(32)33/h10-13H,1-9H2,(H,29,31)(H,32,33)/t10?,11?,13-/m0/s1. The van der Waals surface area contributed by atoms with Crippen LogP contribution in [0.15, 0.2) is 15.7 Å². The molecule has 186 valence electrons. The average Bonchev–Trinajstić information content (AvgIpc) is 3.45. The number of fused-ring (bicyclic) bond motifs is 3. The molecule has 5 aliphatic rings. The number of hydrogen-bond donors (Lipinski definition) is 2. The third-order valence-corrected chi connectivity index (χ3v) is 9.03. The number of thiophene rings is 1. The first-order valence-corrected chi connectivity index (χ1v) is 12.9. The summed E-state index contributed by atoms with van der Waals surface area (Å²) in [6, 6.07) is 0. The Morgan fingerprint density at radius 1 is 1.00 bits per heavy atom. The minimum Gasteiger partial charge on any atom is -0.478 e. The fraction of sp³-hybridized carbons (Fsp3) is 0.583. The van der Waals surface area contributed by atoms with Crippen molar-refractivity contribution in [2.75, 3.05) is 5.32 Å². The minimum atomic E-state index is -4.29. The topological polar surface area (TPSA) is 105 Å². The molecule has 0 unspecified atom stereocenters. The van der Waals surface area contributed by atoms with Gasteiger partial charge in [-0.05, 0) is 75.2 Å². The summed E-state index contributed by atoms with van der Waals surface area (Å²) in [6.07, 6.45) is 0.656. The van der Waals surface area contributed by atoms with Gasteiger partial charge in [-0.25, -0.2) is 4.79 Å². The first-order chi connectivity index (χ1) is 16.7. The maximum Gasteiger partial charge on any atom is 0.392 e. The normalized spacial score (nSPS) is 26.1. The summed E-state index contributed by atoms with van der Waals surface area (Å²) in [4.78, 5) is 30.5. The number of nitrogens with zero attached hydrogens (tertiary/aromatic N) is 2. The molecular weight excluding hydrogens is 483 g/mol. The van der Waals surface area contributed by atoms with Crippen LogP contribution in [-0.2, 0) is 22.4 Å². The van der Waals surface area contributed by atoms with Crippen LogP contribution in [-0.4, -0.2) is 33.3 Å². The van der Waals surface area contributed by atoms with Crippen LogP contribution in [0.25, 0.3) is 11.5 Å². The van der Waals surface area contributed by atoms with Crippen LogP contribution in [0.2, 0.25) is 0 Å².